The Balaban J connectivity index is 0.00000180. The zero-order valence-electron chi connectivity index (χ0n) is 11.6. The van der Waals surface area contributed by atoms with Gasteiger partial charge in [0.2, 0.25) is 5.91 Å². The van der Waals surface area contributed by atoms with Crippen molar-refractivity contribution in [3.8, 4) is 0 Å². The third kappa shape index (κ3) is 4.20. The van der Waals surface area contributed by atoms with E-state index in [1.54, 1.807) is 11.3 Å². The zero-order valence-corrected chi connectivity index (χ0v) is 13.2. The molecular weight excluding hydrogens is 280 g/mol. The maximum Gasteiger partial charge on any atom is 0.230 e. The van der Waals surface area contributed by atoms with Crippen molar-refractivity contribution in [2.24, 2.45) is 5.92 Å². The molecule has 2 unspecified atom stereocenters. The van der Waals surface area contributed by atoms with Crippen LogP contribution in [0, 0.1) is 5.92 Å². The van der Waals surface area contributed by atoms with E-state index in [-0.39, 0.29) is 18.3 Å². The summed E-state index contributed by atoms with van der Waals surface area (Å²) >= 11 is 1.67. The molecule has 1 N–H and O–H groups in total. The number of nitrogens with one attached hydrogen (secondary N) is 1. The van der Waals surface area contributed by atoms with E-state index in [1.165, 1.54) is 11.3 Å². The lowest BCUT2D eigenvalue weighted by Gasteiger charge is -2.34. The maximum atomic E-state index is 12.5. The van der Waals surface area contributed by atoms with Crippen molar-refractivity contribution in [2.45, 2.75) is 25.7 Å². The van der Waals surface area contributed by atoms with Gasteiger partial charge in [-0.25, -0.2) is 0 Å². The van der Waals surface area contributed by atoms with Crippen LogP contribution in [-0.2, 0) is 4.79 Å². The third-order valence-corrected chi connectivity index (χ3v) is 4.72. The second-order valence-electron chi connectivity index (χ2n) is 5.09. The van der Waals surface area contributed by atoms with Crippen LogP contribution in [0.15, 0.2) is 17.5 Å². The molecule has 0 bridgehead atoms. The number of nitrogens with zero attached hydrogens (tertiary/aromatic N) is 1. The molecule has 1 aliphatic rings. The van der Waals surface area contributed by atoms with E-state index in [0.29, 0.717) is 11.8 Å². The Kier molecular flexibility index (Phi) is 6.83. The van der Waals surface area contributed by atoms with Crippen molar-refractivity contribution in [1.29, 1.82) is 0 Å². The number of thiophene rings is 1. The number of amides is 1. The summed E-state index contributed by atoms with van der Waals surface area (Å²) in [5, 5.41) is 5.26. The standard InChI is InChI=1S/C14H22N2OS.ClH/c1-11(13-6-4-8-18-13)14(17)16-7-3-5-12(10-16)9-15-2;/h4,6,8,11-12,15H,3,5,7,9-10H2,1-2H3;1H. The lowest BCUT2D eigenvalue weighted by Crippen LogP contribution is -2.43. The molecule has 1 aromatic heterocycles. The van der Waals surface area contributed by atoms with Crippen LogP contribution in [0.25, 0.3) is 0 Å². The van der Waals surface area contributed by atoms with Gasteiger partial charge in [0.1, 0.15) is 0 Å². The SMILES string of the molecule is CNCC1CCCN(C(=O)C(C)c2cccs2)C1.Cl. The molecule has 0 saturated carbocycles. The van der Waals surface area contributed by atoms with Gasteiger partial charge in [-0.2, -0.15) is 0 Å². The Morgan fingerprint density at radius 1 is 1.63 bits per heavy atom. The number of piperidine rings is 1. The van der Waals surface area contributed by atoms with Crippen LogP contribution < -0.4 is 5.32 Å². The number of carbonyl (C=O) groups is 1. The molecule has 19 heavy (non-hydrogen) atoms. The molecule has 1 aliphatic heterocycles. The summed E-state index contributed by atoms with van der Waals surface area (Å²) in [5.41, 5.74) is 0. The molecular formula is C14H23ClN2OS. The first kappa shape index (κ1) is 16.5. The van der Waals surface area contributed by atoms with E-state index < -0.39 is 0 Å². The van der Waals surface area contributed by atoms with Gasteiger partial charge in [0.15, 0.2) is 0 Å². The first-order chi connectivity index (χ1) is 8.72. The highest BCUT2D eigenvalue weighted by atomic mass is 35.5. The van der Waals surface area contributed by atoms with E-state index in [0.717, 1.165) is 26.1 Å². The average Bonchev–Trinajstić information content (AvgIpc) is 2.91. The molecule has 0 spiro atoms. The largest absolute Gasteiger partial charge is 0.342 e. The normalized spacial score (nSPS) is 20.7. The van der Waals surface area contributed by atoms with Gasteiger partial charge in [0.05, 0.1) is 5.92 Å². The van der Waals surface area contributed by atoms with Gasteiger partial charge in [-0.05, 0) is 50.7 Å². The third-order valence-electron chi connectivity index (χ3n) is 3.66. The minimum atomic E-state index is 0. The monoisotopic (exact) mass is 302 g/mol. The lowest BCUT2D eigenvalue weighted by atomic mass is 9.96. The van der Waals surface area contributed by atoms with Crippen LogP contribution in [0.5, 0.6) is 0 Å². The van der Waals surface area contributed by atoms with Crippen LogP contribution in [0.2, 0.25) is 0 Å². The Hall–Kier alpha value is -0.580. The second-order valence-corrected chi connectivity index (χ2v) is 6.07. The van der Waals surface area contributed by atoms with Crippen molar-refractivity contribution in [3.05, 3.63) is 22.4 Å². The van der Waals surface area contributed by atoms with Gasteiger partial charge in [0.25, 0.3) is 0 Å². The summed E-state index contributed by atoms with van der Waals surface area (Å²) in [5.74, 6) is 0.917. The molecule has 1 amide bonds. The minimum Gasteiger partial charge on any atom is -0.342 e. The molecule has 108 valence electrons. The van der Waals surface area contributed by atoms with Gasteiger partial charge in [-0.3, -0.25) is 4.79 Å². The highest BCUT2D eigenvalue weighted by molar-refractivity contribution is 7.10. The first-order valence-corrected chi connectivity index (χ1v) is 7.57. The number of carbonyl (C=O) groups excluding carboxylic acids is 1. The Labute approximate surface area is 125 Å². The number of hydrogen-bond donors (Lipinski definition) is 1. The van der Waals surface area contributed by atoms with Crippen LogP contribution in [0.3, 0.4) is 0 Å². The average molecular weight is 303 g/mol. The summed E-state index contributed by atoms with van der Waals surface area (Å²) in [6.07, 6.45) is 2.37. The Bertz CT molecular complexity index is 381. The van der Waals surface area contributed by atoms with E-state index in [4.69, 9.17) is 0 Å². The van der Waals surface area contributed by atoms with Crippen LogP contribution >= 0.6 is 23.7 Å². The van der Waals surface area contributed by atoms with Crippen molar-refractivity contribution >= 4 is 29.7 Å². The summed E-state index contributed by atoms with van der Waals surface area (Å²) in [6, 6.07) is 4.08. The second kappa shape index (κ2) is 7.88. The van der Waals surface area contributed by atoms with Gasteiger partial charge in [-0.15, -0.1) is 23.7 Å². The molecule has 2 rings (SSSR count). The topological polar surface area (TPSA) is 32.3 Å². The summed E-state index contributed by atoms with van der Waals surface area (Å²) in [7, 11) is 1.98. The van der Waals surface area contributed by atoms with E-state index in [1.807, 2.05) is 25.4 Å². The smallest absolute Gasteiger partial charge is 0.230 e. The predicted octanol–water partition coefficient (Wildman–Crippen LogP) is 2.73. The summed E-state index contributed by atoms with van der Waals surface area (Å²) in [6.45, 7) is 4.87. The van der Waals surface area contributed by atoms with E-state index in [2.05, 4.69) is 16.3 Å². The molecule has 1 aromatic rings. The zero-order chi connectivity index (χ0) is 13.0. The van der Waals surface area contributed by atoms with Gasteiger partial charge in [-0.1, -0.05) is 6.07 Å². The van der Waals surface area contributed by atoms with Crippen molar-refractivity contribution in [3.63, 3.8) is 0 Å². The van der Waals surface area contributed by atoms with E-state index in [9.17, 15) is 4.79 Å². The molecule has 1 fully saturated rings. The highest BCUT2D eigenvalue weighted by Crippen LogP contribution is 2.25. The fourth-order valence-electron chi connectivity index (χ4n) is 2.65. The molecule has 0 aliphatic carbocycles. The fraction of sp³-hybridized carbons (Fsp3) is 0.643. The van der Waals surface area contributed by atoms with Crippen LogP contribution in [-0.4, -0.2) is 37.5 Å². The van der Waals surface area contributed by atoms with Gasteiger partial charge >= 0.3 is 0 Å². The Morgan fingerprint density at radius 2 is 2.42 bits per heavy atom. The van der Waals surface area contributed by atoms with Crippen molar-refractivity contribution in [2.75, 3.05) is 26.7 Å². The number of hydrogen-bond acceptors (Lipinski definition) is 3. The molecule has 5 heteroatoms. The minimum absolute atomic E-state index is 0. The lowest BCUT2D eigenvalue weighted by molar-refractivity contribution is -0.134. The van der Waals surface area contributed by atoms with E-state index >= 15 is 0 Å². The number of halogens is 1. The maximum absolute atomic E-state index is 12.5. The summed E-state index contributed by atoms with van der Waals surface area (Å²) < 4.78 is 0. The molecule has 3 nitrogen and oxygen atoms in total. The summed E-state index contributed by atoms with van der Waals surface area (Å²) in [4.78, 5) is 15.7. The molecule has 0 aromatic carbocycles. The molecule has 2 atom stereocenters. The van der Waals surface area contributed by atoms with Gasteiger partial charge in [0, 0.05) is 18.0 Å². The fourth-order valence-corrected chi connectivity index (χ4v) is 3.43. The van der Waals surface area contributed by atoms with Gasteiger partial charge < -0.3 is 10.2 Å². The predicted molar refractivity (Wildman–Crippen MR) is 83.2 cm³/mol. The van der Waals surface area contributed by atoms with Crippen LogP contribution in [0.1, 0.15) is 30.6 Å². The molecule has 0 radical (unpaired) electrons. The number of rotatable bonds is 4. The molecule has 2 heterocycles. The van der Waals surface area contributed by atoms with Crippen molar-refractivity contribution < 1.29 is 4.79 Å². The Morgan fingerprint density at radius 3 is 3.05 bits per heavy atom. The molecule has 1 saturated heterocycles. The highest BCUT2D eigenvalue weighted by Gasteiger charge is 2.27. The number of likely N-dealkylation sites (tertiary alicyclic amines) is 1. The van der Waals surface area contributed by atoms with Crippen molar-refractivity contribution in [1.82, 2.24) is 10.2 Å². The quantitative estimate of drug-likeness (QED) is 0.927. The van der Waals surface area contributed by atoms with Crippen LogP contribution in [0.4, 0.5) is 0 Å². The first-order valence-electron chi connectivity index (χ1n) is 6.69.